The van der Waals surface area contributed by atoms with Crippen LogP contribution >= 0.6 is 0 Å². The lowest BCUT2D eigenvalue weighted by Gasteiger charge is -2.17. The summed E-state index contributed by atoms with van der Waals surface area (Å²) in [5, 5.41) is 3.31. The largest absolute Gasteiger partial charge is 0.315 e. The summed E-state index contributed by atoms with van der Waals surface area (Å²) < 4.78 is 25.7. The van der Waals surface area contributed by atoms with Crippen LogP contribution in [0.5, 0.6) is 0 Å². The average molecular weight is 256 g/mol. The summed E-state index contributed by atoms with van der Waals surface area (Å²) in [5.41, 5.74) is 0.823. The molecule has 1 rings (SSSR count). The summed E-state index contributed by atoms with van der Waals surface area (Å²) in [7, 11) is 0. The molecule has 1 aromatic carbocycles. The molecule has 0 amide bonds. The fraction of sp³-hybridized carbons (Fsp3) is 0.571. The summed E-state index contributed by atoms with van der Waals surface area (Å²) >= 11 is 0. The van der Waals surface area contributed by atoms with Crippen molar-refractivity contribution in [2.75, 3.05) is 32.7 Å². The number of nitrogens with one attached hydrogen (secondary N) is 1. The molecule has 0 bridgehead atoms. The molecular formula is C14H22F2N2. The highest BCUT2D eigenvalue weighted by molar-refractivity contribution is 5.17. The van der Waals surface area contributed by atoms with Crippen molar-refractivity contribution in [3.8, 4) is 0 Å². The van der Waals surface area contributed by atoms with Gasteiger partial charge in [0.05, 0.1) is 0 Å². The predicted molar refractivity (Wildman–Crippen MR) is 70.7 cm³/mol. The first kappa shape index (κ1) is 15.1. The topological polar surface area (TPSA) is 15.3 Å². The summed E-state index contributed by atoms with van der Waals surface area (Å²) in [6.45, 7) is 9.13. The molecule has 1 N–H and O–H groups in total. The molecule has 0 fully saturated rings. The monoisotopic (exact) mass is 256 g/mol. The van der Waals surface area contributed by atoms with Gasteiger partial charge < -0.3 is 10.2 Å². The molecule has 0 spiro atoms. The smallest absolute Gasteiger partial charge is 0.159 e. The van der Waals surface area contributed by atoms with E-state index in [0.29, 0.717) is 0 Å². The van der Waals surface area contributed by atoms with Crippen molar-refractivity contribution in [3.63, 3.8) is 0 Å². The van der Waals surface area contributed by atoms with E-state index in [1.807, 2.05) is 0 Å². The SMILES string of the molecule is CCN(CC)CCNCCc1ccc(F)c(F)c1. The maximum absolute atomic E-state index is 12.9. The minimum Gasteiger partial charge on any atom is -0.315 e. The quantitative estimate of drug-likeness (QED) is 0.719. The minimum atomic E-state index is -0.784. The maximum atomic E-state index is 12.9. The molecule has 0 unspecified atom stereocenters. The first-order valence-electron chi connectivity index (χ1n) is 6.54. The number of halogens is 2. The molecule has 0 saturated heterocycles. The number of benzene rings is 1. The van der Waals surface area contributed by atoms with Gasteiger partial charge in [0.25, 0.3) is 0 Å². The van der Waals surface area contributed by atoms with Crippen LogP contribution in [0.2, 0.25) is 0 Å². The van der Waals surface area contributed by atoms with E-state index in [4.69, 9.17) is 0 Å². The van der Waals surface area contributed by atoms with E-state index in [2.05, 4.69) is 24.1 Å². The van der Waals surface area contributed by atoms with Crippen molar-refractivity contribution >= 4 is 0 Å². The predicted octanol–water partition coefficient (Wildman–Crippen LogP) is 2.44. The number of hydrogen-bond acceptors (Lipinski definition) is 2. The lowest BCUT2D eigenvalue weighted by Crippen LogP contribution is -2.32. The third kappa shape index (κ3) is 5.10. The Morgan fingerprint density at radius 2 is 1.78 bits per heavy atom. The Kier molecular flexibility index (Phi) is 6.83. The highest BCUT2D eigenvalue weighted by Crippen LogP contribution is 2.08. The van der Waals surface area contributed by atoms with Crippen LogP contribution < -0.4 is 5.32 Å². The molecule has 0 heterocycles. The van der Waals surface area contributed by atoms with Gasteiger partial charge in [-0.15, -0.1) is 0 Å². The zero-order valence-electron chi connectivity index (χ0n) is 11.2. The van der Waals surface area contributed by atoms with Gasteiger partial charge in [0, 0.05) is 13.1 Å². The number of rotatable bonds is 8. The molecule has 0 saturated carbocycles. The Labute approximate surface area is 108 Å². The zero-order chi connectivity index (χ0) is 13.4. The van der Waals surface area contributed by atoms with Crippen molar-refractivity contribution in [2.45, 2.75) is 20.3 Å². The normalized spacial score (nSPS) is 11.2. The van der Waals surface area contributed by atoms with Crippen LogP contribution in [0.25, 0.3) is 0 Å². The Morgan fingerprint density at radius 1 is 1.06 bits per heavy atom. The molecule has 0 aliphatic heterocycles. The van der Waals surface area contributed by atoms with E-state index in [1.54, 1.807) is 6.07 Å². The molecule has 0 radical (unpaired) electrons. The van der Waals surface area contributed by atoms with Crippen LogP contribution in [0.15, 0.2) is 18.2 Å². The van der Waals surface area contributed by atoms with Crippen molar-refractivity contribution in [2.24, 2.45) is 0 Å². The summed E-state index contributed by atoms with van der Waals surface area (Å²) in [6.07, 6.45) is 0.718. The Hall–Kier alpha value is -1.00. The van der Waals surface area contributed by atoms with Crippen LogP contribution in [-0.2, 0) is 6.42 Å². The summed E-state index contributed by atoms with van der Waals surface area (Å²) in [6, 6.07) is 4.08. The van der Waals surface area contributed by atoms with Crippen molar-refractivity contribution in [1.29, 1.82) is 0 Å². The lowest BCUT2D eigenvalue weighted by atomic mass is 10.1. The minimum absolute atomic E-state index is 0.718. The molecule has 0 aromatic heterocycles. The van der Waals surface area contributed by atoms with Crippen LogP contribution in [0.3, 0.4) is 0 Å². The third-order valence-electron chi connectivity index (χ3n) is 3.07. The fourth-order valence-corrected chi connectivity index (χ4v) is 1.83. The van der Waals surface area contributed by atoms with Gasteiger partial charge in [-0.1, -0.05) is 19.9 Å². The molecule has 18 heavy (non-hydrogen) atoms. The van der Waals surface area contributed by atoms with Gasteiger partial charge >= 0.3 is 0 Å². The van der Waals surface area contributed by atoms with E-state index < -0.39 is 11.6 Å². The van der Waals surface area contributed by atoms with Gasteiger partial charge in [0.15, 0.2) is 11.6 Å². The first-order chi connectivity index (χ1) is 8.67. The second kappa shape index (κ2) is 8.16. The highest BCUT2D eigenvalue weighted by Gasteiger charge is 2.02. The van der Waals surface area contributed by atoms with E-state index in [-0.39, 0.29) is 0 Å². The van der Waals surface area contributed by atoms with Crippen LogP contribution in [0.1, 0.15) is 19.4 Å². The zero-order valence-corrected chi connectivity index (χ0v) is 11.2. The summed E-state index contributed by atoms with van der Waals surface area (Å²) in [5.74, 6) is -1.55. The molecule has 0 aliphatic rings. The van der Waals surface area contributed by atoms with Crippen molar-refractivity contribution in [1.82, 2.24) is 10.2 Å². The average Bonchev–Trinajstić information content (AvgIpc) is 2.38. The van der Waals surface area contributed by atoms with Gasteiger partial charge in [0.2, 0.25) is 0 Å². The number of hydrogen-bond donors (Lipinski definition) is 1. The molecule has 2 nitrogen and oxygen atoms in total. The van der Waals surface area contributed by atoms with Crippen LogP contribution in [0.4, 0.5) is 8.78 Å². The van der Waals surface area contributed by atoms with Gasteiger partial charge in [-0.25, -0.2) is 8.78 Å². The van der Waals surface area contributed by atoms with Crippen molar-refractivity contribution < 1.29 is 8.78 Å². The van der Waals surface area contributed by atoms with E-state index >= 15 is 0 Å². The van der Waals surface area contributed by atoms with Gasteiger partial charge in [-0.3, -0.25) is 0 Å². The van der Waals surface area contributed by atoms with Gasteiger partial charge in [-0.05, 0) is 43.8 Å². The first-order valence-corrected chi connectivity index (χ1v) is 6.54. The molecule has 0 aliphatic carbocycles. The lowest BCUT2D eigenvalue weighted by molar-refractivity contribution is 0.303. The molecular weight excluding hydrogens is 234 g/mol. The Bertz CT molecular complexity index is 352. The molecule has 4 heteroatoms. The standard InChI is InChI=1S/C14H22F2N2/c1-3-18(4-2)10-9-17-8-7-12-5-6-13(15)14(16)11-12/h5-6,11,17H,3-4,7-10H2,1-2H3. The van der Waals surface area contributed by atoms with Crippen LogP contribution in [-0.4, -0.2) is 37.6 Å². The Morgan fingerprint density at radius 3 is 2.39 bits per heavy atom. The van der Waals surface area contributed by atoms with E-state index in [9.17, 15) is 8.78 Å². The molecule has 102 valence electrons. The highest BCUT2D eigenvalue weighted by atomic mass is 19.2. The number of nitrogens with zero attached hydrogens (tertiary/aromatic N) is 1. The second-order valence-corrected chi connectivity index (χ2v) is 4.28. The van der Waals surface area contributed by atoms with Gasteiger partial charge in [0.1, 0.15) is 0 Å². The number of likely N-dealkylation sites (N-methyl/N-ethyl adjacent to an activating group) is 1. The van der Waals surface area contributed by atoms with Gasteiger partial charge in [-0.2, -0.15) is 0 Å². The van der Waals surface area contributed by atoms with E-state index in [1.165, 1.54) is 12.1 Å². The fourth-order valence-electron chi connectivity index (χ4n) is 1.83. The van der Waals surface area contributed by atoms with E-state index in [0.717, 1.165) is 44.7 Å². The third-order valence-corrected chi connectivity index (χ3v) is 3.07. The maximum Gasteiger partial charge on any atom is 0.159 e. The molecule has 1 aromatic rings. The summed E-state index contributed by atoms with van der Waals surface area (Å²) in [4.78, 5) is 2.34. The van der Waals surface area contributed by atoms with Crippen LogP contribution in [0, 0.1) is 11.6 Å². The Balaban J connectivity index is 2.19. The molecule has 0 atom stereocenters. The second-order valence-electron chi connectivity index (χ2n) is 4.28. The van der Waals surface area contributed by atoms with Crippen molar-refractivity contribution in [3.05, 3.63) is 35.4 Å².